The maximum atomic E-state index is 12.5. The van der Waals surface area contributed by atoms with E-state index in [1.54, 1.807) is 6.07 Å². The Morgan fingerprint density at radius 2 is 1.81 bits per heavy atom. The van der Waals surface area contributed by atoms with Crippen LogP contribution >= 0.6 is 24.8 Å². The van der Waals surface area contributed by atoms with Crippen LogP contribution in [0.4, 0.5) is 5.69 Å². The third-order valence-corrected chi connectivity index (χ3v) is 3.97. The Balaban J connectivity index is 0.00000200. The number of piperidine rings is 1. The van der Waals surface area contributed by atoms with Crippen LogP contribution in [0.5, 0.6) is 0 Å². The second-order valence-corrected chi connectivity index (χ2v) is 5.56. The fourth-order valence-electron chi connectivity index (χ4n) is 2.63. The van der Waals surface area contributed by atoms with Crippen LogP contribution in [0, 0.1) is 6.92 Å². The number of nitrogens with two attached hydrogens (primary N) is 1. The van der Waals surface area contributed by atoms with Gasteiger partial charge in [-0.05, 0) is 51.6 Å². The van der Waals surface area contributed by atoms with E-state index in [-0.39, 0.29) is 30.7 Å². The molecule has 1 saturated heterocycles. The Kier molecular flexibility index (Phi) is 8.08. The molecule has 0 unspecified atom stereocenters. The number of nitrogen functional groups attached to an aromatic ring is 1. The molecule has 6 heteroatoms. The van der Waals surface area contributed by atoms with E-state index < -0.39 is 0 Å². The molecule has 0 saturated carbocycles. The van der Waals surface area contributed by atoms with E-state index in [2.05, 4.69) is 19.0 Å². The van der Waals surface area contributed by atoms with Gasteiger partial charge in [-0.2, -0.15) is 0 Å². The molecule has 21 heavy (non-hydrogen) atoms. The molecule has 0 aromatic heterocycles. The van der Waals surface area contributed by atoms with Gasteiger partial charge in [0.1, 0.15) is 0 Å². The second kappa shape index (κ2) is 8.47. The number of carbonyl (C=O) groups is 1. The van der Waals surface area contributed by atoms with Crippen molar-refractivity contribution in [2.75, 3.05) is 32.9 Å². The van der Waals surface area contributed by atoms with Gasteiger partial charge in [-0.15, -0.1) is 24.8 Å². The monoisotopic (exact) mass is 333 g/mol. The van der Waals surface area contributed by atoms with E-state index in [1.165, 1.54) is 0 Å². The number of nitrogens with zero attached hydrogens (tertiary/aromatic N) is 2. The average molecular weight is 334 g/mol. The third-order valence-electron chi connectivity index (χ3n) is 3.97. The molecule has 0 radical (unpaired) electrons. The summed E-state index contributed by atoms with van der Waals surface area (Å²) in [5.74, 6) is 0.113. The van der Waals surface area contributed by atoms with E-state index in [1.807, 2.05) is 24.0 Å². The molecule has 1 aliphatic rings. The molecule has 0 atom stereocenters. The molecule has 1 aromatic carbocycles. The lowest BCUT2D eigenvalue weighted by molar-refractivity contribution is 0.0662. The summed E-state index contributed by atoms with van der Waals surface area (Å²) in [5, 5.41) is 0. The topological polar surface area (TPSA) is 49.6 Å². The number of halogens is 2. The van der Waals surface area contributed by atoms with Crippen molar-refractivity contribution in [2.24, 2.45) is 0 Å². The lowest BCUT2D eigenvalue weighted by atomic mass is 10.0. The van der Waals surface area contributed by atoms with Gasteiger partial charge < -0.3 is 15.5 Å². The van der Waals surface area contributed by atoms with Crippen molar-refractivity contribution in [1.29, 1.82) is 0 Å². The number of amides is 1. The Morgan fingerprint density at radius 1 is 1.24 bits per heavy atom. The molecular weight excluding hydrogens is 309 g/mol. The lowest BCUT2D eigenvalue weighted by Gasteiger charge is -2.35. The van der Waals surface area contributed by atoms with E-state index in [4.69, 9.17) is 5.73 Å². The minimum absolute atomic E-state index is 0. The summed E-state index contributed by atoms with van der Waals surface area (Å²) in [6.45, 7) is 3.62. The Labute approximate surface area is 139 Å². The molecule has 1 amide bonds. The number of hydrogen-bond acceptors (Lipinski definition) is 3. The second-order valence-electron chi connectivity index (χ2n) is 5.56. The Hall–Kier alpha value is -0.970. The zero-order valence-corrected chi connectivity index (χ0v) is 14.5. The minimum Gasteiger partial charge on any atom is -0.399 e. The molecule has 0 bridgehead atoms. The zero-order chi connectivity index (χ0) is 14.0. The van der Waals surface area contributed by atoms with Gasteiger partial charge in [-0.25, -0.2) is 0 Å². The number of anilines is 1. The van der Waals surface area contributed by atoms with Gasteiger partial charge in [0.25, 0.3) is 5.91 Å². The standard InChI is InChI=1S/C15H23N3O.2ClH/c1-11-4-5-12(16)10-14(11)15(19)18-8-6-13(7-9-18)17(2)3;;/h4-5,10,13H,6-9,16H2,1-3H3;2*1H. The van der Waals surface area contributed by atoms with Crippen molar-refractivity contribution in [2.45, 2.75) is 25.8 Å². The third kappa shape index (κ3) is 4.77. The van der Waals surface area contributed by atoms with Crippen LogP contribution in [-0.4, -0.2) is 48.9 Å². The van der Waals surface area contributed by atoms with Crippen molar-refractivity contribution in [1.82, 2.24) is 9.80 Å². The number of carbonyl (C=O) groups excluding carboxylic acids is 1. The van der Waals surface area contributed by atoms with Gasteiger partial charge in [0, 0.05) is 30.4 Å². The quantitative estimate of drug-likeness (QED) is 0.846. The van der Waals surface area contributed by atoms with Crippen molar-refractivity contribution in [3.8, 4) is 0 Å². The van der Waals surface area contributed by atoms with E-state index in [0.29, 0.717) is 11.7 Å². The molecule has 0 aliphatic carbocycles. The molecule has 2 N–H and O–H groups in total. The van der Waals surface area contributed by atoms with Crippen molar-refractivity contribution in [3.63, 3.8) is 0 Å². The van der Waals surface area contributed by atoms with Crippen LogP contribution in [0.1, 0.15) is 28.8 Å². The SMILES string of the molecule is Cc1ccc(N)cc1C(=O)N1CCC(N(C)C)CC1.Cl.Cl. The molecule has 0 spiro atoms. The number of likely N-dealkylation sites (tertiary alicyclic amines) is 1. The largest absolute Gasteiger partial charge is 0.399 e. The highest BCUT2D eigenvalue weighted by molar-refractivity contribution is 5.96. The number of rotatable bonds is 2. The van der Waals surface area contributed by atoms with Crippen LogP contribution < -0.4 is 5.73 Å². The summed E-state index contributed by atoms with van der Waals surface area (Å²) in [6, 6.07) is 6.13. The molecular formula is C15H25Cl2N3O. The maximum absolute atomic E-state index is 12.5. The van der Waals surface area contributed by atoms with Gasteiger partial charge in [-0.1, -0.05) is 6.07 Å². The predicted octanol–water partition coefficient (Wildman–Crippen LogP) is 2.59. The first kappa shape index (κ1) is 20.0. The summed E-state index contributed by atoms with van der Waals surface area (Å²) in [6.07, 6.45) is 2.08. The van der Waals surface area contributed by atoms with E-state index in [9.17, 15) is 4.79 Å². The van der Waals surface area contributed by atoms with E-state index in [0.717, 1.165) is 37.1 Å². The summed E-state index contributed by atoms with van der Waals surface area (Å²) in [5.41, 5.74) is 8.16. The van der Waals surface area contributed by atoms with Crippen molar-refractivity contribution < 1.29 is 4.79 Å². The minimum atomic E-state index is 0. The first-order chi connectivity index (χ1) is 8.99. The summed E-state index contributed by atoms with van der Waals surface area (Å²) >= 11 is 0. The van der Waals surface area contributed by atoms with Gasteiger partial charge in [0.2, 0.25) is 0 Å². The molecule has 1 heterocycles. The van der Waals surface area contributed by atoms with Crippen LogP contribution in [0.25, 0.3) is 0 Å². The smallest absolute Gasteiger partial charge is 0.254 e. The fourth-order valence-corrected chi connectivity index (χ4v) is 2.63. The molecule has 1 aliphatic heterocycles. The molecule has 2 rings (SSSR count). The Bertz CT molecular complexity index is 472. The number of hydrogen-bond donors (Lipinski definition) is 1. The zero-order valence-electron chi connectivity index (χ0n) is 12.8. The van der Waals surface area contributed by atoms with Gasteiger partial charge in [0.15, 0.2) is 0 Å². The molecule has 4 nitrogen and oxygen atoms in total. The summed E-state index contributed by atoms with van der Waals surface area (Å²) in [4.78, 5) is 16.7. The van der Waals surface area contributed by atoms with Crippen LogP contribution in [0.15, 0.2) is 18.2 Å². The highest BCUT2D eigenvalue weighted by Crippen LogP contribution is 2.19. The van der Waals surface area contributed by atoms with Crippen LogP contribution in [-0.2, 0) is 0 Å². The molecule has 1 aromatic rings. The normalized spacial score (nSPS) is 15.3. The summed E-state index contributed by atoms with van der Waals surface area (Å²) in [7, 11) is 4.20. The van der Waals surface area contributed by atoms with Crippen molar-refractivity contribution >= 4 is 36.4 Å². The highest BCUT2D eigenvalue weighted by atomic mass is 35.5. The number of benzene rings is 1. The first-order valence-corrected chi connectivity index (χ1v) is 6.81. The maximum Gasteiger partial charge on any atom is 0.254 e. The Morgan fingerprint density at radius 3 is 2.33 bits per heavy atom. The van der Waals surface area contributed by atoms with Crippen molar-refractivity contribution in [3.05, 3.63) is 29.3 Å². The number of aryl methyl sites for hydroxylation is 1. The van der Waals surface area contributed by atoms with Crippen LogP contribution in [0.2, 0.25) is 0 Å². The summed E-state index contributed by atoms with van der Waals surface area (Å²) < 4.78 is 0. The van der Waals surface area contributed by atoms with Gasteiger partial charge in [-0.3, -0.25) is 4.79 Å². The first-order valence-electron chi connectivity index (χ1n) is 6.81. The average Bonchev–Trinajstić information content (AvgIpc) is 2.41. The van der Waals surface area contributed by atoms with Crippen LogP contribution in [0.3, 0.4) is 0 Å². The van der Waals surface area contributed by atoms with Gasteiger partial charge >= 0.3 is 0 Å². The predicted molar refractivity (Wildman–Crippen MR) is 92.7 cm³/mol. The fraction of sp³-hybridized carbons (Fsp3) is 0.533. The lowest BCUT2D eigenvalue weighted by Crippen LogP contribution is -2.44. The molecule has 1 fully saturated rings. The van der Waals surface area contributed by atoms with Gasteiger partial charge in [0.05, 0.1) is 0 Å². The highest BCUT2D eigenvalue weighted by Gasteiger charge is 2.25. The van der Waals surface area contributed by atoms with E-state index >= 15 is 0 Å². The molecule has 120 valence electrons.